The van der Waals surface area contributed by atoms with Crippen LogP contribution in [0.1, 0.15) is 31.4 Å². The predicted octanol–water partition coefficient (Wildman–Crippen LogP) is 3.60. The van der Waals surface area contributed by atoms with Gasteiger partial charge in [0.25, 0.3) is 0 Å². The Morgan fingerprint density at radius 2 is 1.83 bits per heavy atom. The lowest BCUT2D eigenvalue weighted by Crippen LogP contribution is -2.40. The van der Waals surface area contributed by atoms with Crippen molar-refractivity contribution in [2.24, 2.45) is 11.7 Å². The van der Waals surface area contributed by atoms with Crippen LogP contribution in [0.4, 0.5) is 5.82 Å². The Hall–Kier alpha value is -1.91. The molecule has 2 aromatic rings. The van der Waals surface area contributed by atoms with Crippen molar-refractivity contribution in [1.82, 2.24) is 4.98 Å². The largest absolute Gasteiger partial charge is 0.320 e. The highest BCUT2D eigenvalue weighted by molar-refractivity contribution is 5.94. The normalized spacial score (nSPS) is 12.8. The van der Waals surface area contributed by atoms with Crippen molar-refractivity contribution in [3.63, 3.8) is 0 Å². The average molecular weight is 348 g/mol. The second kappa shape index (κ2) is 10.1. The van der Waals surface area contributed by atoms with E-state index in [1.54, 1.807) is 6.20 Å². The minimum Gasteiger partial charge on any atom is -0.320 e. The van der Waals surface area contributed by atoms with Crippen LogP contribution in [0.3, 0.4) is 0 Å². The van der Waals surface area contributed by atoms with Gasteiger partial charge in [0, 0.05) is 6.20 Å². The summed E-state index contributed by atoms with van der Waals surface area (Å²) in [5.41, 5.74) is 8.40. The minimum absolute atomic E-state index is 0. The molecule has 3 N–H and O–H groups in total. The highest BCUT2D eigenvalue weighted by Gasteiger charge is 2.19. The molecule has 0 aliphatic heterocycles. The number of nitrogens with one attached hydrogen (secondary N) is 1. The van der Waals surface area contributed by atoms with E-state index in [1.165, 1.54) is 5.56 Å². The van der Waals surface area contributed by atoms with E-state index in [0.29, 0.717) is 5.82 Å². The van der Waals surface area contributed by atoms with Crippen molar-refractivity contribution in [2.45, 2.75) is 39.2 Å². The first-order valence-corrected chi connectivity index (χ1v) is 8.15. The minimum atomic E-state index is -0.505. The molecule has 130 valence electrons. The van der Waals surface area contributed by atoms with E-state index in [-0.39, 0.29) is 24.2 Å². The van der Waals surface area contributed by atoms with Crippen molar-refractivity contribution >= 4 is 24.1 Å². The summed E-state index contributed by atoms with van der Waals surface area (Å²) in [4.78, 5) is 16.3. The molecule has 0 saturated carbocycles. The molecule has 1 amide bonds. The SMILES string of the molecule is CCC(C)C(N)C(=O)Nc1cc(CCc2ccccc2)ccn1.Cl. The highest BCUT2D eigenvalue weighted by Crippen LogP contribution is 2.12. The lowest BCUT2D eigenvalue weighted by molar-refractivity contribution is -0.118. The molecule has 0 fully saturated rings. The standard InChI is InChI=1S/C19H25N3O.ClH/c1-3-14(2)18(20)19(23)22-17-13-16(11-12-21-17)10-9-15-7-5-4-6-8-15;/h4-8,11-14,18H,3,9-10,20H2,1-2H3,(H,21,22,23);1H. The number of halogens is 1. The summed E-state index contributed by atoms with van der Waals surface area (Å²) in [6, 6.07) is 13.7. The molecule has 5 heteroatoms. The van der Waals surface area contributed by atoms with Crippen molar-refractivity contribution in [3.05, 3.63) is 59.8 Å². The van der Waals surface area contributed by atoms with Gasteiger partial charge in [-0.25, -0.2) is 4.98 Å². The molecule has 0 radical (unpaired) electrons. The summed E-state index contributed by atoms with van der Waals surface area (Å²) in [6.07, 6.45) is 4.47. The molecule has 0 bridgehead atoms. The third kappa shape index (κ3) is 5.95. The van der Waals surface area contributed by atoms with Crippen LogP contribution in [0.5, 0.6) is 0 Å². The monoisotopic (exact) mass is 347 g/mol. The number of hydrogen-bond donors (Lipinski definition) is 2. The molecule has 2 unspecified atom stereocenters. The summed E-state index contributed by atoms with van der Waals surface area (Å²) < 4.78 is 0. The van der Waals surface area contributed by atoms with Gasteiger partial charge in [0.1, 0.15) is 5.82 Å². The Morgan fingerprint density at radius 3 is 2.50 bits per heavy atom. The van der Waals surface area contributed by atoms with Crippen LogP contribution in [0.2, 0.25) is 0 Å². The Morgan fingerprint density at radius 1 is 1.17 bits per heavy atom. The zero-order chi connectivity index (χ0) is 16.7. The van der Waals surface area contributed by atoms with Crippen molar-refractivity contribution < 1.29 is 4.79 Å². The molecule has 0 aliphatic carbocycles. The second-order valence-electron chi connectivity index (χ2n) is 5.94. The zero-order valence-electron chi connectivity index (χ0n) is 14.2. The molecule has 24 heavy (non-hydrogen) atoms. The Labute approximate surface area is 150 Å². The molecule has 2 rings (SSSR count). The van der Waals surface area contributed by atoms with Crippen LogP contribution >= 0.6 is 12.4 Å². The number of carbonyl (C=O) groups is 1. The number of hydrogen-bond acceptors (Lipinski definition) is 3. The van der Waals surface area contributed by atoms with Crippen molar-refractivity contribution in [1.29, 1.82) is 0 Å². The van der Waals surface area contributed by atoms with E-state index in [2.05, 4.69) is 22.4 Å². The molecule has 0 aliphatic rings. The van der Waals surface area contributed by atoms with Gasteiger partial charge in [-0.15, -0.1) is 12.4 Å². The van der Waals surface area contributed by atoms with Crippen LogP contribution in [0.25, 0.3) is 0 Å². The fraction of sp³-hybridized carbons (Fsp3) is 0.368. The number of aryl methyl sites for hydroxylation is 2. The van der Waals surface area contributed by atoms with E-state index in [4.69, 9.17) is 5.73 Å². The summed E-state index contributed by atoms with van der Waals surface area (Å²) >= 11 is 0. The number of benzene rings is 1. The van der Waals surface area contributed by atoms with Crippen LogP contribution in [0.15, 0.2) is 48.7 Å². The van der Waals surface area contributed by atoms with Gasteiger partial charge >= 0.3 is 0 Å². The van der Waals surface area contributed by atoms with E-state index in [9.17, 15) is 4.79 Å². The van der Waals surface area contributed by atoms with E-state index >= 15 is 0 Å². The Bertz CT molecular complexity index is 634. The summed E-state index contributed by atoms with van der Waals surface area (Å²) in [5.74, 6) is 0.544. The molecule has 1 aromatic carbocycles. The maximum Gasteiger partial charge on any atom is 0.242 e. The number of amides is 1. The molecular weight excluding hydrogens is 322 g/mol. The first-order chi connectivity index (χ1) is 11.1. The number of carbonyl (C=O) groups excluding carboxylic acids is 1. The van der Waals surface area contributed by atoms with Gasteiger partial charge in [0.2, 0.25) is 5.91 Å². The van der Waals surface area contributed by atoms with Crippen LogP contribution in [0, 0.1) is 5.92 Å². The van der Waals surface area contributed by atoms with Crippen LogP contribution in [-0.2, 0) is 17.6 Å². The quantitative estimate of drug-likeness (QED) is 0.804. The lowest BCUT2D eigenvalue weighted by atomic mass is 9.99. The summed E-state index contributed by atoms with van der Waals surface area (Å²) in [7, 11) is 0. The van der Waals surface area contributed by atoms with Crippen LogP contribution in [-0.4, -0.2) is 16.9 Å². The Kier molecular flexibility index (Phi) is 8.44. The average Bonchev–Trinajstić information content (AvgIpc) is 2.59. The van der Waals surface area contributed by atoms with E-state index in [0.717, 1.165) is 24.8 Å². The maximum absolute atomic E-state index is 12.1. The van der Waals surface area contributed by atoms with Gasteiger partial charge in [-0.2, -0.15) is 0 Å². The number of nitrogens with two attached hydrogens (primary N) is 1. The van der Waals surface area contributed by atoms with Gasteiger partial charge in [0.05, 0.1) is 6.04 Å². The second-order valence-corrected chi connectivity index (χ2v) is 5.94. The molecule has 0 saturated heterocycles. The van der Waals surface area contributed by atoms with Gasteiger partial charge < -0.3 is 11.1 Å². The van der Waals surface area contributed by atoms with E-state index < -0.39 is 6.04 Å². The smallest absolute Gasteiger partial charge is 0.242 e. The van der Waals surface area contributed by atoms with Gasteiger partial charge in [0.15, 0.2) is 0 Å². The molecule has 1 aromatic heterocycles. The first kappa shape index (κ1) is 20.1. The third-order valence-electron chi connectivity index (χ3n) is 4.18. The Balaban J connectivity index is 0.00000288. The molecule has 1 heterocycles. The summed E-state index contributed by atoms with van der Waals surface area (Å²) in [6.45, 7) is 4.01. The van der Waals surface area contributed by atoms with Gasteiger partial charge in [-0.05, 0) is 42.0 Å². The number of nitrogens with zero attached hydrogens (tertiary/aromatic N) is 1. The van der Waals surface area contributed by atoms with Crippen LogP contribution < -0.4 is 11.1 Å². The zero-order valence-corrected chi connectivity index (χ0v) is 15.1. The number of aromatic nitrogens is 1. The van der Waals surface area contributed by atoms with Crippen molar-refractivity contribution in [2.75, 3.05) is 5.32 Å². The first-order valence-electron chi connectivity index (χ1n) is 8.15. The van der Waals surface area contributed by atoms with Gasteiger partial charge in [-0.1, -0.05) is 50.6 Å². The van der Waals surface area contributed by atoms with E-state index in [1.807, 2.05) is 44.2 Å². The molecular formula is C19H26ClN3O. The third-order valence-corrected chi connectivity index (χ3v) is 4.18. The highest BCUT2D eigenvalue weighted by atomic mass is 35.5. The van der Waals surface area contributed by atoms with Gasteiger partial charge in [-0.3, -0.25) is 4.79 Å². The fourth-order valence-electron chi connectivity index (χ4n) is 2.35. The number of anilines is 1. The topological polar surface area (TPSA) is 68.0 Å². The molecule has 2 atom stereocenters. The fourth-order valence-corrected chi connectivity index (χ4v) is 2.35. The molecule has 4 nitrogen and oxygen atoms in total. The molecule has 0 spiro atoms. The lowest BCUT2D eigenvalue weighted by Gasteiger charge is -2.17. The number of rotatable bonds is 7. The predicted molar refractivity (Wildman–Crippen MR) is 101 cm³/mol. The summed E-state index contributed by atoms with van der Waals surface area (Å²) in [5, 5.41) is 2.82. The van der Waals surface area contributed by atoms with Crippen molar-refractivity contribution in [3.8, 4) is 0 Å². The maximum atomic E-state index is 12.1. The number of pyridine rings is 1.